The maximum absolute atomic E-state index is 11.7. The molecule has 2 heterocycles. The van der Waals surface area contributed by atoms with Gasteiger partial charge in [-0.3, -0.25) is 14.4 Å². The lowest BCUT2D eigenvalue weighted by Crippen LogP contribution is -2.30. The molecule has 0 atom stereocenters. The molecule has 0 saturated carbocycles. The number of nitrogens with zero attached hydrogens (tertiary/aromatic N) is 1. The van der Waals surface area contributed by atoms with Crippen molar-refractivity contribution in [2.24, 2.45) is 0 Å². The number of rotatable bonds is 3. The van der Waals surface area contributed by atoms with Crippen LogP contribution in [-0.4, -0.2) is 39.0 Å². The summed E-state index contributed by atoms with van der Waals surface area (Å²) < 4.78 is 5.76. The van der Waals surface area contributed by atoms with Crippen molar-refractivity contribution in [2.75, 3.05) is 0 Å². The summed E-state index contributed by atoms with van der Waals surface area (Å²) in [5.74, 6) is -2.26. The first-order chi connectivity index (χ1) is 17.2. The van der Waals surface area contributed by atoms with Crippen molar-refractivity contribution >= 4 is 34.7 Å². The largest absolute Gasteiger partial charge is 0.508 e. The molecule has 0 unspecified atom stereocenters. The molecule has 2 amide bonds. The fraction of sp³-hybridized carbons (Fsp3) is 0.115. The van der Waals surface area contributed by atoms with Gasteiger partial charge in [0, 0.05) is 48.4 Å². The molecule has 1 fully saturated rings. The Kier molecular flexibility index (Phi) is 6.51. The van der Waals surface area contributed by atoms with E-state index in [-0.39, 0.29) is 29.6 Å². The van der Waals surface area contributed by atoms with E-state index in [4.69, 9.17) is 4.42 Å². The number of carboxylic acids is 1. The van der Waals surface area contributed by atoms with Gasteiger partial charge in [0.15, 0.2) is 5.43 Å². The van der Waals surface area contributed by atoms with E-state index in [9.17, 15) is 34.2 Å². The predicted octanol–water partition coefficient (Wildman–Crippen LogP) is 3.58. The minimum absolute atomic E-state index is 0.0198. The van der Waals surface area contributed by atoms with E-state index < -0.39 is 23.8 Å². The molecule has 0 aromatic heterocycles. The molecule has 5 rings (SSSR count). The van der Waals surface area contributed by atoms with Gasteiger partial charge in [-0.1, -0.05) is 18.2 Å². The van der Waals surface area contributed by atoms with Gasteiger partial charge in [0.05, 0.1) is 5.56 Å². The lowest BCUT2D eigenvalue weighted by atomic mass is 9.91. The second-order valence-corrected chi connectivity index (χ2v) is 7.83. The molecule has 0 radical (unpaired) electrons. The molecular weight excluding hydrogens is 470 g/mol. The van der Waals surface area contributed by atoms with Gasteiger partial charge in [0.2, 0.25) is 0 Å². The van der Waals surface area contributed by atoms with Gasteiger partial charge in [-0.05, 0) is 35.9 Å². The maximum Gasteiger partial charge on any atom is 0.336 e. The summed E-state index contributed by atoms with van der Waals surface area (Å²) in [5.41, 5.74) is 2.10. The summed E-state index contributed by atoms with van der Waals surface area (Å²) in [7, 11) is 0. The Balaban J connectivity index is 0.000000233. The van der Waals surface area contributed by atoms with Gasteiger partial charge in [-0.25, -0.2) is 9.59 Å². The second-order valence-electron chi connectivity index (χ2n) is 7.83. The highest BCUT2D eigenvalue weighted by Gasteiger charge is 2.31. The number of phenols is 1. The number of hydrogen-bond acceptors (Lipinski definition) is 8. The molecule has 182 valence electrons. The number of carboxylic acid groups (broad SMARTS) is 1. The Bertz CT molecular complexity index is 1540. The monoisotopic (exact) mass is 489 g/mol. The van der Waals surface area contributed by atoms with Crippen LogP contribution in [0.2, 0.25) is 0 Å². The smallest absolute Gasteiger partial charge is 0.336 e. The zero-order valence-electron chi connectivity index (χ0n) is 18.9. The van der Waals surface area contributed by atoms with Crippen molar-refractivity contribution in [3.63, 3.8) is 0 Å². The molecule has 10 nitrogen and oxygen atoms in total. The highest BCUT2D eigenvalue weighted by Crippen LogP contribution is 2.41. The van der Waals surface area contributed by atoms with Crippen LogP contribution in [0.25, 0.3) is 33.4 Å². The quantitative estimate of drug-likeness (QED) is 0.325. The molecule has 0 bridgehead atoms. The van der Waals surface area contributed by atoms with Crippen LogP contribution in [0.3, 0.4) is 0 Å². The predicted molar refractivity (Wildman–Crippen MR) is 126 cm³/mol. The lowest BCUT2D eigenvalue weighted by Gasteiger charge is -2.16. The van der Waals surface area contributed by atoms with Gasteiger partial charge in [-0.15, -0.1) is 5.06 Å². The molecule has 1 aliphatic carbocycles. The minimum atomic E-state index is -1.04. The molecule has 2 aliphatic heterocycles. The number of carbonyl (C=O) groups is 4. The number of aromatic carboxylic acids is 1. The first-order valence-electron chi connectivity index (χ1n) is 10.7. The van der Waals surface area contributed by atoms with Crippen LogP contribution < -0.4 is 5.43 Å². The summed E-state index contributed by atoms with van der Waals surface area (Å²) in [6.45, 7) is 1.14. The van der Waals surface area contributed by atoms with Crippen LogP contribution in [0.4, 0.5) is 0 Å². The number of aromatic hydroxyl groups is 1. The fourth-order valence-corrected chi connectivity index (χ4v) is 3.82. The first kappa shape index (κ1) is 24.1. The Labute approximate surface area is 203 Å². The number of carbonyl (C=O) groups excluding carboxylic acids is 3. The molecule has 2 aromatic rings. The maximum atomic E-state index is 11.7. The summed E-state index contributed by atoms with van der Waals surface area (Å²) in [4.78, 5) is 59.5. The third-order valence-corrected chi connectivity index (χ3v) is 5.33. The normalized spacial score (nSPS) is 13.0. The summed E-state index contributed by atoms with van der Waals surface area (Å²) in [5, 5.41) is 20.5. The van der Waals surface area contributed by atoms with Crippen molar-refractivity contribution < 1.29 is 38.6 Å². The van der Waals surface area contributed by atoms with Crippen LogP contribution in [0.1, 0.15) is 30.1 Å². The SMILES string of the molecule is CC(=O)ON1C(=O)CCC1=O.O=C(O)c1ccccc1-c1c2ccc(=O)cc-2oc2cc(O)ccc12. The zero-order chi connectivity index (χ0) is 26.0. The summed E-state index contributed by atoms with van der Waals surface area (Å²) in [6, 6.07) is 15.7. The third-order valence-electron chi connectivity index (χ3n) is 5.33. The standard InChI is InChI=1S/C20H12O5.C6H7NO4/c21-11-5-7-15-17(9-11)25-18-10-12(22)6-8-16(18)19(15)13-3-1-2-4-14(13)20(23)24;1-4(8)11-7-5(9)2-3-6(7)10/h1-10,21H,(H,23,24);2-3H2,1H3. The second kappa shape index (κ2) is 9.71. The van der Waals surface area contributed by atoms with Crippen LogP contribution >= 0.6 is 0 Å². The Morgan fingerprint density at radius 2 is 1.61 bits per heavy atom. The first-order valence-corrected chi connectivity index (χ1v) is 10.7. The number of hydroxylamine groups is 2. The Morgan fingerprint density at radius 1 is 0.917 bits per heavy atom. The Hall–Kier alpha value is -4.99. The van der Waals surface area contributed by atoms with Crippen LogP contribution in [-0.2, 0) is 19.2 Å². The van der Waals surface area contributed by atoms with Crippen molar-refractivity contribution in [3.05, 3.63) is 76.5 Å². The van der Waals surface area contributed by atoms with E-state index in [1.807, 2.05) is 0 Å². The minimum Gasteiger partial charge on any atom is -0.508 e. The Morgan fingerprint density at radius 3 is 2.28 bits per heavy atom. The topological polar surface area (TPSA) is 151 Å². The van der Waals surface area contributed by atoms with Gasteiger partial charge < -0.3 is 19.5 Å². The molecule has 36 heavy (non-hydrogen) atoms. The molecule has 10 heteroatoms. The van der Waals surface area contributed by atoms with E-state index in [0.29, 0.717) is 38.5 Å². The molecule has 3 aliphatic rings. The molecule has 2 N–H and O–H groups in total. The van der Waals surface area contributed by atoms with Crippen LogP contribution in [0.5, 0.6) is 5.75 Å². The molecule has 2 aromatic carbocycles. The van der Waals surface area contributed by atoms with E-state index in [1.165, 1.54) is 30.3 Å². The fourth-order valence-electron chi connectivity index (χ4n) is 3.82. The third kappa shape index (κ3) is 4.78. The molecule has 1 saturated heterocycles. The number of benzene rings is 3. The number of imide groups is 1. The highest BCUT2D eigenvalue weighted by molar-refractivity contribution is 6.07. The molecular formula is C26H19NO9. The van der Waals surface area contributed by atoms with Gasteiger partial charge in [0.1, 0.15) is 17.1 Å². The average Bonchev–Trinajstić information content (AvgIpc) is 3.14. The summed E-state index contributed by atoms with van der Waals surface area (Å²) >= 11 is 0. The zero-order valence-corrected chi connectivity index (χ0v) is 18.9. The number of fused-ring (bicyclic) bond motifs is 2. The number of phenolic OH excluding ortho intramolecular Hbond substituents is 1. The van der Waals surface area contributed by atoms with E-state index in [2.05, 4.69) is 4.84 Å². The average molecular weight is 489 g/mol. The highest BCUT2D eigenvalue weighted by atomic mass is 16.7. The van der Waals surface area contributed by atoms with E-state index >= 15 is 0 Å². The van der Waals surface area contributed by atoms with E-state index in [1.54, 1.807) is 30.3 Å². The van der Waals surface area contributed by atoms with Crippen LogP contribution in [0.15, 0.2) is 69.9 Å². The van der Waals surface area contributed by atoms with Crippen molar-refractivity contribution in [1.29, 1.82) is 0 Å². The lowest BCUT2D eigenvalue weighted by molar-refractivity contribution is -0.195. The van der Waals surface area contributed by atoms with Gasteiger partial charge in [0.25, 0.3) is 11.8 Å². The van der Waals surface area contributed by atoms with Gasteiger partial charge >= 0.3 is 11.9 Å². The number of amides is 2. The van der Waals surface area contributed by atoms with E-state index in [0.717, 1.165) is 6.92 Å². The van der Waals surface area contributed by atoms with Crippen LogP contribution in [0, 0.1) is 0 Å². The van der Waals surface area contributed by atoms with Crippen molar-refractivity contribution in [2.45, 2.75) is 19.8 Å². The van der Waals surface area contributed by atoms with Crippen molar-refractivity contribution in [1.82, 2.24) is 5.06 Å². The van der Waals surface area contributed by atoms with Gasteiger partial charge in [-0.2, -0.15) is 0 Å². The molecule has 0 spiro atoms. The number of hydrogen-bond donors (Lipinski definition) is 2. The van der Waals surface area contributed by atoms with Crippen molar-refractivity contribution in [3.8, 4) is 28.2 Å². The summed E-state index contributed by atoms with van der Waals surface area (Å²) in [6.07, 6.45) is 0.262.